The summed E-state index contributed by atoms with van der Waals surface area (Å²) in [5.74, 6) is -0.489. The summed E-state index contributed by atoms with van der Waals surface area (Å²) in [4.78, 5) is 27.5. The largest absolute Gasteiger partial charge is 0.458 e. The van der Waals surface area contributed by atoms with Gasteiger partial charge < -0.3 is 24.0 Å². The van der Waals surface area contributed by atoms with Crippen LogP contribution in [0.4, 0.5) is 34.1 Å². The van der Waals surface area contributed by atoms with Gasteiger partial charge in [-0.1, -0.05) is 84.9 Å². The average Bonchev–Trinajstić information content (AvgIpc) is 3.21. The quantitative estimate of drug-likeness (QED) is 0.0596. The Morgan fingerprint density at radius 3 is 1.13 bits per heavy atom. The van der Waals surface area contributed by atoms with Gasteiger partial charge in [0.25, 0.3) is 0 Å². The highest BCUT2D eigenvalue weighted by atomic mass is 16.5. The van der Waals surface area contributed by atoms with Gasteiger partial charge in [0.05, 0.1) is 13.2 Å². The summed E-state index contributed by atoms with van der Waals surface area (Å²) in [5, 5.41) is 0. The Balaban J connectivity index is 1.12. The minimum Gasteiger partial charge on any atom is -0.458 e. The van der Waals surface area contributed by atoms with Crippen molar-refractivity contribution < 1.29 is 23.8 Å². The van der Waals surface area contributed by atoms with E-state index in [1.165, 1.54) is 11.1 Å². The molecule has 0 aliphatic carbocycles. The summed E-state index contributed by atoms with van der Waals surface area (Å²) in [7, 11) is 0. The number of benzene rings is 6. The molecule has 0 bridgehead atoms. The molecule has 0 heterocycles. The highest BCUT2D eigenvalue weighted by molar-refractivity contribution is 5.84. The lowest BCUT2D eigenvalue weighted by Crippen LogP contribution is -2.10. The lowest BCUT2D eigenvalue weighted by molar-refractivity contribution is -0.139. The number of anilines is 6. The smallest absolute Gasteiger partial charge is 0.335 e. The first-order valence-electron chi connectivity index (χ1n) is 17.6. The van der Waals surface area contributed by atoms with Crippen LogP contribution in [0.2, 0.25) is 0 Å². The number of hydrogen-bond donors (Lipinski definition) is 0. The Kier molecular flexibility index (Phi) is 12.1. The van der Waals surface area contributed by atoms with Gasteiger partial charge in [-0.25, -0.2) is 9.59 Å². The summed E-state index contributed by atoms with van der Waals surface area (Å²) in [6.07, 6.45) is 2.31. The molecule has 270 valence electrons. The molecule has 0 atom stereocenters. The summed E-state index contributed by atoms with van der Waals surface area (Å²) < 4.78 is 16.7. The molecule has 0 unspecified atom stereocenters. The van der Waals surface area contributed by atoms with Crippen molar-refractivity contribution in [3.05, 3.63) is 199 Å². The van der Waals surface area contributed by atoms with Crippen LogP contribution < -0.4 is 14.5 Å². The number of carbonyl (C=O) groups is 2. The number of rotatable bonds is 15. The molecule has 0 saturated carbocycles. The fraction of sp³-hybridized carbons (Fsp3) is 0.106. The highest BCUT2D eigenvalue weighted by Gasteiger charge is 2.15. The summed E-state index contributed by atoms with van der Waals surface area (Å²) in [6.45, 7) is 12.2. The van der Waals surface area contributed by atoms with Gasteiger partial charge in [0.2, 0.25) is 0 Å². The van der Waals surface area contributed by atoms with Crippen molar-refractivity contribution in [3.63, 3.8) is 0 Å². The third-order valence-corrected chi connectivity index (χ3v) is 8.73. The van der Waals surface area contributed by atoms with Crippen LogP contribution in [0.25, 0.3) is 0 Å². The molecule has 0 saturated heterocycles. The van der Waals surface area contributed by atoms with Crippen molar-refractivity contribution in [2.45, 2.75) is 33.7 Å². The second-order valence-corrected chi connectivity index (χ2v) is 12.8. The molecule has 54 heavy (non-hydrogen) atoms. The summed E-state index contributed by atoms with van der Waals surface area (Å²) in [5.41, 5.74) is 11.3. The molecule has 0 aliphatic rings. The fourth-order valence-corrected chi connectivity index (χ4v) is 5.83. The molecule has 6 aromatic rings. The van der Waals surface area contributed by atoms with Gasteiger partial charge in [-0.15, -0.1) is 0 Å². The molecule has 0 aromatic heterocycles. The minimum absolute atomic E-state index is 0.187. The molecule has 0 fully saturated rings. The van der Waals surface area contributed by atoms with Crippen LogP contribution in [-0.2, 0) is 38.9 Å². The van der Waals surface area contributed by atoms with E-state index in [1.54, 1.807) is 12.1 Å². The van der Waals surface area contributed by atoms with Gasteiger partial charge in [0.1, 0.15) is 12.4 Å². The lowest BCUT2D eigenvalue weighted by atomic mass is 10.1. The predicted octanol–water partition coefficient (Wildman–Crippen LogP) is 11.3. The average molecular weight is 715 g/mol. The van der Waals surface area contributed by atoms with Crippen molar-refractivity contribution in [3.8, 4) is 5.75 Å². The molecule has 0 amide bonds. The second kappa shape index (κ2) is 17.7. The van der Waals surface area contributed by atoms with E-state index in [0.717, 1.165) is 63.0 Å². The van der Waals surface area contributed by atoms with E-state index in [9.17, 15) is 9.59 Å². The van der Waals surface area contributed by atoms with E-state index >= 15 is 0 Å². The maximum Gasteiger partial charge on any atom is 0.335 e. The number of carbonyl (C=O) groups excluding carboxylic acids is 2. The molecule has 7 heteroatoms. The van der Waals surface area contributed by atoms with E-state index in [1.807, 2.05) is 36.4 Å². The molecule has 6 aromatic carbocycles. The third-order valence-electron chi connectivity index (χ3n) is 8.73. The minimum atomic E-state index is -0.497. The zero-order chi connectivity index (χ0) is 37.9. The maximum absolute atomic E-state index is 11.7. The van der Waals surface area contributed by atoms with E-state index < -0.39 is 11.9 Å². The summed E-state index contributed by atoms with van der Waals surface area (Å²) >= 11 is 0. The molecular weight excluding hydrogens is 673 g/mol. The molecule has 0 N–H and O–H groups in total. The Morgan fingerprint density at radius 2 is 0.778 bits per heavy atom. The van der Waals surface area contributed by atoms with Crippen LogP contribution >= 0.6 is 0 Å². The second-order valence-electron chi connectivity index (χ2n) is 12.8. The Morgan fingerprint density at radius 1 is 0.463 bits per heavy atom. The number of ether oxygens (including phenoxy) is 3. The van der Waals surface area contributed by atoms with Crippen molar-refractivity contribution >= 4 is 46.1 Å². The van der Waals surface area contributed by atoms with E-state index in [-0.39, 0.29) is 6.61 Å². The van der Waals surface area contributed by atoms with Crippen LogP contribution in [0.5, 0.6) is 5.75 Å². The van der Waals surface area contributed by atoms with Crippen LogP contribution in [0, 0.1) is 13.8 Å². The molecule has 7 nitrogen and oxygen atoms in total. The zero-order valence-electron chi connectivity index (χ0n) is 30.5. The first-order valence-corrected chi connectivity index (χ1v) is 17.6. The first-order chi connectivity index (χ1) is 26.3. The van der Waals surface area contributed by atoms with Crippen LogP contribution in [0.15, 0.2) is 171 Å². The number of esters is 2. The molecular formula is C47H42N2O5. The lowest BCUT2D eigenvalue weighted by Gasteiger charge is -2.26. The standard InChI is InChI=1S/C47H42N2O5/c1-5-46(50)53-33-38-15-25-43(26-16-38)48(39-17-7-34(3)8-18-39)41-21-11-36(12-22-41)31-52-32-37-13-23-42(24-14-37)49(40-19-9-35(4)10-20-40)44-27-29-45(30-28-44)54-47(51)6-2/h5-30H,1-2,31-33H2,3-4H3. The van der Waals surface area contributed by atoms with Gasteiger partial charge in [0, 0.05) is 46.3 Å². The predicted molar refractivity (Wildman–Crippen MR) is 216 cm³/mol. The molecule has 6 rings (SSSR count). The SMILES string of the molecule is C=CC(=O)OCc1ccc(N(c2ccc(C)cc2)c2ccc(COCc3ccc(N(c4ccc(C)cc4)c4ccc(OC(=O)C=C)cc4)cc3)cc2)cc1. The molecule has 0 radical (unpaired) electrons. The van der Waals surface area contributed by atoms with Crippen molar-refractivity contribution in [1.29, 1.82) is 0 Å². The van der Waals surface area contributed by atoms with Crippen molar-refractivity contribution in [2.24, 2.45) is 0 Å². The fourth-order valence-electron chi connectivity index (χ4n) is 5.83. The molecule has 0 spiro atoms. The van der Waals surface area contributed by atoms with Crippen LogP contribution in [0.3, 0.4) is 0 Å². The summed E-state index contributed by atoms with van der Waals surface area (Å²) in [6, 6.07) is 48.8. The topological polar surface area (TPSA) is 68.3 Å². The first kappa shape index (κ1) is 37.1. The van der Waals surface area contributed by atoms with E-state index in [4.69, 9.17) is 14.2 Å². The number of hydrogen-bond acceptors (Lipinski definition) is 7. The van der Waals surface area contributed by atoms with Gasteiger partial charge in [0.15, 0.2) is 0 Å². The van der Waals surface area contributed by atoms with Crippen molar-refractivity contribution in [1.82, 2.24) is 0 Å². The Hall–Kier alpha value is -6.70. The monoisotopic (exact) mass is 714 g/mol. The number of nitrogens with zero attached hydrogens (tertiary/aromatic N) is 2. The van der Waals surface area contributed by atoms with Gasteiger partial charge in [-0.2, -0.15) is 0 Å². The van der Waals surface area contributed by atoms with E-state index in [2.05, 4.69) is 134 Å². The highest BCUT2D eigenvalue weighted by Crippen LogP contribution is 2.37. The normalized spacial score (nSPS) is 10.6. The maximum atomic E-state index is 11.7. The Bertz CT molecular complexity index is 2180. The van der Waals surface area contributed by atoms with E-state index in [0.29, 0.717) is 19.0 Å². The van der Waals surface area contributed by atoms with Crippen LogP contribution in [-0.4, -0.2) is 11.9 Å². The van der Waals surface area contributed by atoms with Gasteiger partial charge in [-0.3, -0.25) is 0 Å². The van der Waals surface area contributed by atoms with Gasteiger partial charge >= 0.3 is 11.9 Å². The van der Waals surface area contributed by atoms with Gasteiger partial charge in [-0.05, 0) is 115 Å². The van der Waals surface area contributed by atoms with Crippen molar-refractivity contribution in [2.75, 3.05) is 9.80 Å². The zero-order valence-corrected chi connectivity index (χ0v) is 30.5. The molecule has 0 aliphatic heterocycles. The number of aryl methyl sites for hydroxylation is 2. The third kappa shape index (κ3) is 9.59. The van der Waals surface area contributed by atoms with Crippen LogP contribution in [0.1, 0.15) is 27.8 Å². The Labute approximate surface area is 317 Å².